The van der Waals surface area contributed by atoms with Crippen molar-refractivity contribution < 1.29 is 9.21 Å². The van der Waals surface area contributed by atoms with Crippen molar-refractivity contribution in [2.45, 2.75) is 58.5 Å². The Labute approximate surface area is 191 Å². The van der Waals surface area contributed by atoms with Crippen LogP contribution < -0.4 is 10.6 Å². The summed E-state index contributed by atoms with van der Waals surface area (Å²) >= 11 is 0. The lowest BCUT2D eigenvalue weighted by atomic mass is 9.94. The van der Waals surface area contributed by atoms with Gasteiger partial charge in [-0.05, 0) is 19.8 Å². The van der Waals surface area contributed by atoms with E-state index in [1.54, 1.807) is 25.2 Å². The lowest BCUT2D eigenvalue weighted by Gasteiger charge is -2.33. The van der Waals surface area contributed by atoms with Gasteiger partial charge in [-0.15, -0.1) is 24.0 Å². The first kappa shape index (κ1) is 25.7. The molecule has 1 fully saturated rings. The number of hydrogen-bond acceptors (Lipinski definition) is 5. The Bertz CT molecular complexity index is 660. The van der Waals surface area contributed by atoms with Crippen molar-refractivity contribution in [1.82, 2.24) is 25.4 Å². The molecule has 1 aliphatic heterocycles. The molecule has 0 radical (unpaired) electrons. The molecule has 8 nitrogen and oxygen atoms in total. The molecule has 9 heteroatoms. The minimum absolute atomic E-state index is 0. The number of likely N-dealkylation sites (tertiary alicyclic amines) is 1. The number of halogens is 1. The second-order valence-electron chi connectivity index (χ2n) is 8.55. The molecule has 2 rings (SSSR count). The summed E-state index contributed by atoms with van der Waals surface area (Å²) in [5.41, 5.74) is -0.0559. The average molecular weight is 520 g/mol. The van der Waals surface area contributed by atoms with Gasteiger partial charge in [0.05, 0.1) is 12.7 Å². The highest BCUT2D eigenvalue weighted by molar-refractivity contribution is 14.0. The number of piperidine rings is 1. The first-order valence-electron chi connectivity index (χ1n) is 10.1. The van der Waals surface area contributed by atoms with Gasteiger partial charge in [0, 0.05) is 45.2 Å². The smallest absolute Gasteiger partial charge is 0.236 e. The average Bonchev–Trinajstić information content (AvgIpc) is 3.11. The number of aromatic nitrogens is 1. The molecule has 1 aliphatic rings. The van der Waals surface area contributed by atoms with Crippen LogP contribution in [0.15, 0.2) is 15.6 Å². The van der Waals surface area contributed by atoms with Gasteiger partial charge < -0.3 is 20.0 Å². The van der Waals surface area contributed by atoms with E-state index in [9.17, 15) is 4.79 Å². The van der Waals surface area contributed by atoms with E-state index >= 15 is 0 Å². The van der Waals surface area contributed by atoms with E-state index in [0.717, 1.165) is 44.2 Å². The first-order valence-corrected chi connectivity index (χ1v) is 10.1. The molecular formula is C20H37IN6O2. The molecule has 29 heavy (non-hydrogen) atoms. The van der Waals surface area contributed by atoms with Crippen LogP contribution in [0.2, 0.25) is 0 Å². The predicted molar refractivity (Wildman–Crippen MR) is 127 cm³/mol. The van der Waals surface area contributed by atoms with E-state index in [2.05, 4.69) is 53.2 Å². The number of hydrogen-bond donors (Lipinski definition) is 2. The van der Waals surface area contributed by atoms with Gasteiger partial charge >= 0.3 is 0 Å². The minimum atomic E-state index is -0.0559. The van der Waals surface area contributed by atoms with Crippen molar-refractivity contribution in [2.75, 3.05) is 40.3 Å². The van der Waals surface area contributed by atoms with Crippen molar-refractivity contribution >= 4 is 35.8 Å². The molecule has 166 valence electrons. The Morgan fingerprint density at radius 3 is 2.52 bits per heavy atom. The van der Waals surface area contributed by atoms with Crippen LogP contribution >= 0.6 is 24.0 Å². The number of carbonyl (C=O) groups is 1. The molecule has 0 unspecified atom stereocenters. The summed E-state index contributed by atoms with van der Waals surface area (Å²) in [5, 5.41) is 6.80. The SMILES string of the molecule is CCNC(=NCc1ncc(C(C)(C)C)o1)NC1CCN(CC(=O)N(C)C)CC1.I. The number of oxazole rings is 1. The third-order valence-electron chi connectivity index (χ3n) is 4.80. The lowest BCUT2D eigenvalue weighted by molar-refractivity contribution is -0.130. The van der Waals surface area contributed by atoms with Gasteiger partial charge in [0.2, 0.25) is 11.8 Å². The summed E-state index contributed by atoms with van der Waals surface area (Å²) < 4.78 is 5.82. The van der Waals surface area contributed by atoms with E-state index < -0.39 is 0 Å². The molecule has 1 aromatic heterocycles. The van der Waals surface area contributed by atoms with Crippen molar-refractivity contribution in [3.05, 3.63) is 17.8 Å². The molecule has 0 atom stereocenters. The van der Waals surface area contributed by atoms with Crippen LogP contribution in [0, 0.1) is 0 Å². The molecule has 2 heterocycles. The topological polar surface area (TPSA) is 86.0 Å². The number of aliphatic imine (C=N–C) groups is 1. The first-order chi connectivity index (χ1) is 13.2. The van der Waals surface area contributed by atoms with Gasteiger partial charge in [-0.3, -0.25) is 9.69 Å². The fraction of sp³-hybridized carbons (Fsp3) is 0.750. The maximum absolute atomic E-state index is 11.9. The number of likely N-dealkylation sites (N-methyl/N-ethyl adjacent to an activating group) is 1. The van der Waals surface area contributed by atoms with E-state index in [1.165, 1.54) is 0 Å². The van der Waals surface area contributed by atoms with Gasteiger partial charge in [-0.1, -0.05) is 20.8 Å². The van der Waals surface area contributed by atoms with Crippen molar-refractivity contribution in [2.24, 2.45) is 4.99 Å². The van der Waals surface area contributed by atoms with Gasteiger partial charge in [0.25, 0.3) is 0 Å². The third kappa shape index (κ3) is 8.49. The monoisotopic (exact) mass is 520 g/mol. The van der Waals surface area contributed by atoms with Crippen LogP contribution in [0.3, 0.4) is 0 Å². The van der Waals surface area contributed by atoms with E-state index in [0.29, 0.717) is 25.0 Å². The zero-order chi connectivity index (χ0) is 20.7. The van der Waals surface area contributed by atoms with E-state index in [4.69, 9.17) is 4.42 Å². The molecule has 0 aromatic carbocycles. The summed E-state index contributed by atoms with van der Waals surface area (Å²) in [6.07, 6.45) is 3.76. The van der Waals surface area contributed by atoms with Crippen LogP contribution in [0.4, 0.5) is 0 Å². The molecule has 1 saturated heterocycles. The Morgan fingerprint density at radius 2 is 2.00 bits per heavy atom. The number of amides is 1. The van der Waals surface area contributed by atoms with Crippen molar-refractivity contribution in [3.63, 3.8) is 0 Å². The van der Waals surface area contributed by atoms with Gasteiger partial charge in [-0.25, -0.2) is 9.98 Å². The number of rotatable bonds is 6. The standard InChI is InChI=1S/C20H36N6O2.HI/c1-7-21-19(23-13-17-22-12-16(28-17)20(2,3)4)24-15-8-10-26(11-9-15)14-18(27)25(5)6;/h12,15H,7-11,13-14H2,1-6H3,(H2,21,23,24);1H. The number of nitrogens with zero attached hydrogens (tertiary/aromatic N) is 4. The summed E-state index contributed by atoms with van der Waals surface area (Å²) in [6, 6.07) is 0.346. The molecule has 0 aliphatic carbocycles. The number of guanidine groups is 1. The largest absolute Gasteiger partial charge is 0.443 e. The van der Waals surface area contributed by atoms with Gasteiger partial charge in [0.1, 0.15) is 12.3 Å². The summed E-state index contributed by atoms with van der Waals surface area (Å²) in [6.45, 7) is 11.9. The van der Waals surface area contributed by atoms with Crippen molar-refractivity contribution in [3.8, 4) is 0 Å². The van der Waals surface area contributed by atoms with Crippen LogP contribution in [0.25, 0.3) is 0 Å². The highest BCUT2D eigenvalue weighted by Crippen LogP contribution is 2.22. The number of carbonyl (C=O) groups excluding carboxylic acids is 1. The zero-order valence-corrected chi connectivity index (χ0v) is 20.9. The molecule has 2 N–H and O–H groups in total. The highest BCUT2D eigenvalue weighted by atomic mass is 127. The van der Waals surface area contributed by atoms with E-state index in [1.807, 2.05) is 0 Å². The summed E-state index contributed by atoms with van der Waals surface area (Å²) in [5.74, 6) is 2.43. The maximum atomic E-state index is 11.9. The summed E-state index contributed by atoms with van der Waals surface area (Å²) in [7, 11) is 3.60. The second-order valence-corrected chi connectivity index (χ2v) is 8.55. The molecule has 1 aromatic rings. The highest BCUT2D eigenvalue weighted by Gasteiger charge is 2.22. The second kappa shape index (κ2) is 11.7. The van der Waals surface area contributed by atoms with Gasteiger partial charge in [0.15, 0.2) is 5.96 Å². The quantitative estimate of drug-likeness (QED) is 0.340. The Balaban J connectivity index is 0.00000420. The van der Waals surface area contributed by atoms with Gasteiger partial charge in [-0.2, -0.15) is 0 Å². The molecule has 0 bridgehead atoms. The predicted octanol–water partition coefficient (Wildman–Crippen LogP) is 2.20. The third-order valence-corrected chi connectivity index (χ3v) is 4.80. The van der Waals surface area contributed by atoms with Crippen LogP contribution in [-0.2, 0) is 16.8 Å². The molecule has 1 amide bonds. The maximum Gasteiger partial charge on any atom is 0.236 e. The normalized spacial score (nSPS) is 16.3. The zero-order valence-electron chi connectivity index (χ0n) is 18.6. The van der Waals surface area contributed by atoms with Crippen LogP contribution in [0.1, 0.15) is 52.2 Å². The van der Waals surface area contributed by atoms with E-state index in [-0.39, 0.29) is 35.3 Å². The number of nitrogens with one attached hydrogen (secondary N) is 2. The molecular weight excluding hydrogens is 483 g/mol. The molecule has 0 saturated carbocycles. The minimum Gasteiger partial charge on any atom is -0.443 e. The van der Waals surface area contributed by atoms with Crippen LogP contribution in [0.5, 0.6) is 0 Å². The van der Waals surface area contributed by atoms with Crippen LogP contribution in [-0.4, -0.2) is 73.0 Å². The lowest BCUT2D eigenvalue weighted by Crippen LogP contribution is -2.50. The van der Waals surface area contributed by atoms with Crippen molar-refractivity contribution in [1.29, 1.82) is 0 Å². The fourth-order valence-electron chi connectivity index (χ4n) is 2.96. The Hall–Kier alpha value is -1.36. The fourth-order valence-corrected chi connectivity index (χ4v) is 2.96. The Morgan fingerprint density at radius 1 is 1.34 bits per heavy atom. The molecule has 0 spiro atoms. The summed E-state index contributed by atoms with van der Waals surface area (Å²) in [4.78, 5) is 24.7. The Kier molecular flexibility index (Phi) is 10.4.